The Kier molecular flexibility index (Phi) is 0.601. The number of nitrogens with one attached hydrogen (secondary N) is 1. The molecule has 3 saturated carbocycles. The Morgan fingerprint density at radius 1 is 1.18 bits per heavy atom. The molecule has 7 atom stereocenters. The molecule has 11 heavy (non-hydrogen) atoms. The highest BCUT2D eigenvalue weighted by atomic mass is 35.5. The van der Waals surface area contributed by atoms with Crippen LogP contribution in [0.25, 0.3) is 0 Å². The number of hydrogen-bond donors (Lipinski definition) is 1. The molecule has 0 aromatic carbocycles. The molecule has 0 bridgehead atoms. The second kappa shape index (κ2) is 1.22. The molecule has 1 heterocycles. The molecule has 0 spiro atoms. The predicted octanol–water partition coefficient (Wildman–Crippen LogP) is 0.214. The molecule has 0 aromatic rings. The van der Waals surface area contributed by atoms with Crippen molar-refractivity contribution in [3.05, 3.63) is 0 Å². The molecular weight excluding hydrogens is 162 g/mol. The van der Waals surface area contributed by atoms with E-state index in [1.54, 1.807) is 0 Å². The summed E-state index contributed by atoms with van der Waals surface area (Å²) >= 11 is 6.14. The van der Waals surface area contributed by atoms with E-state index in [1.165, 1.54) is 0 Å². The summed E-state index contributed by atoms with van der Waals surface area (Å²) in [5.74, 6) is 3.35. The van der Waals surface area contributed by atoms with Gasteiger partial charge in [0, 0.05) is 17.3 Å². The molecule has 4 fully saturated rings. The summed E-state index contributed by atoms with van der Waals surface area (Å²) in [7, 11) is 0. The minimum absolute atomic E-state index is 0.284. The Balaban J connectivity index is 1.87. The quantitative estimate of drug-likeness (QED) is 0.517. The average molecular weight is 170 g/mol. The minimum Gasteiger partial charge on any atom is -0.352 e. The fraction of sp³-hybridized carbons (Fsp3) is 0.875. The number of rotatable bonds is 0. The molecule has 4 aliphatic rings. The van der Waals surface area contributed by atoms with Crippen LogP contribution < -0.4 is 5.32 Å². The molecular formula is C8H8ClNO. The van der Waals surface area contributed by atoms with Crippen LogP contribution in [-0.2, 0) is 4.79 Å². The van der Waals surface area contributed by atoms with Crippen LogP contribution in [0.1, 0.15) is 0 Å². The summed E-state index contributed by atoms with van der Waals surface area (Å²) in [6.45, 7) is 0. The van der Waals surface area contributed by atoms with E-state index in [0.29, 0.717) is 35.1 Å². The van der Waals surface area contributed by atoms with E-state index in [4.69, 9.17) is 11.6 Å². The van der Waals surface area contributed by atoms with Crippen LogP contribution in [0.4, 0.5) is 0 Å². The van der Waals surface area contributed by atoms with Gasteiger partial charge >= 0.3 is 0 Å². The summed E-state index contributed by atoms with van der Waals surface area (Å²) in [5, 5.41) is 3.36. The first-order chi connectivity index (χ1) is 5.30. The number of fused-ring (bicyclic) bond motifs is 2. The summed E-state index contributed by atoms with van der Waals surface area (Å²) in [6, 6.07) is 0.477. The van der Waals surface area contributed by atoms with Crippen molar-refractivity contribution in [3.8, 4) is 0 Å². The molecule has 1 N–H and O–H groups in total. The van der Waals surface area contributed by atoms with Gasteiger partial charge in [-0.05, 0) is 23.7 Å². The van der Waals surface area contributed by atoms with Gasteiger partial charge in [-0.2, -0.15) is 0 Å². The van der Waals surface area contributed by atoms with Crippen LogP contribution in [0.5, 0.6) is 0 Å². The van der Waals surface area contributed by atoms with E-state index in [2.05, 4.69) is 5.32 Å². The van der Waals surface area contributed by atoms with Crippen LogP contribution in [0.15, 0.2) is 0 Å². The normalized spacial score (nSPS) is 73.9. The number of halogens is 1. The van der Waals surface area contributed by atoms with Crippen LogP contribution in [-0.4, -0.2) is 17.3 Å². The van der Waals surface area contributed by atoms with Gasteiger partial charge in [0.1, 0.15) is 0 Å². The van der Waals surface area contributed by atoms with E-state index in [9.17, 15) is 4.79 Å². The molecule has 0 aromatic heterocycles. The van der Waals surface area contributed by atoms with Gasteiger partial charge < -0.3 is 5.32 Å². The molecule has 1 aliphatic heterocycles. The maximum absolute atomic E-state index is 11.3. The second-order valence-electron chi connectivity index (χ2n) is 4.31. The van der Waals surface area contributed by atoms with Crippen LogP contribution in [0.3, 0.4) is 0 Å². The highest BCUT2D eigenvalue weighted by molar-refractivity contribution is 6.22. The summed E-state index contributed by atoms with van der Waals surface area (Å²) in [5.41, 5.74) is 0. The van der Waals surface area contributed by atoms with Crippen molar-refractivity contribution in [1.29, 1.82) is 0 Å². The van der Waals surface area contributed by atoms with Gasteiger partial charge in [0.25, 0.3) is 0 Å². The Morgan fingerprint density at radius 3 is 2.64 bits per heavy atom. The largest absolute Gasteiger partial charge is 0.352 e. The lowest BCUT2D eigenvalue weighted by atomic mass is 9.31. The SMILES string of the molecule is O=C1NC2C3C(Cl)C4C1C2C34. The first kappa shape index (κ1) is 5.41. The third-order valence-electron chi connectivity index (χ3n) is 4.34. The highest BCUT2D eigenvalue weighted by Crippen LogP contribution is 2.76. The molecule has 1 saturated heterocycles. The number of carbonyl (C=O) groups is 1. The molecule has 58 valence electrons. The van der Waals surface area contributed by atoms with Crippen LogP contribution in [0.2, 0.25) is 0 Å². The summed E-state index contributed by atoms with van der Waals surface area (Å²) < 4.78 is 0. The van der Waals surface area contributed by atoms with Crippen molar-refractivity contribution in [2.24, 2.45) is 29.6 Å². The molecule has 2 nitrogen and oxygen atoms in total. The fourth-order valence-corrected chi connectivity index (χ4v) is 4.56. The van der Waals surface area contributed by atoms with E-state index in [0.717, 1.165) is 5.92 Å². The van der Waals surface area contributed by atoms with Gasteiger partial charge in [0.2, 0.25) is 5.91 Å². The Morgan fingerprint density at radius 2 is 2.00 bits per heavy atom. The average Bonchev–Trinajstić information content (AvgIpc) is 2.12. The first-order valence-electron chi connectivity index (χ1n) is 4.25. The van der Waals surface area contributed by atoms with Gasteiger partial charge in [0.05, 0.1) is 0 Å². The number of hydrogen-bond acceptors (Lipinski definition) is 1. The van der Waals surface area contributed by atoms with Gasteiger partial charge in [-0.25, -0.2) is 0 Å². The lowest BCUT2D eigenvalue weighted by Gasteiger charge is -2.73. The maximum atomic E-state index is 11.3. The van der Waals surface area contributed by atoms with E-state index in [1.807, 2.05) is 0 Å². The van der Waals surface area contributed by atoms with Crippen molar-refractivity contribution in [1.82, 2.24) is 5.32 Å². The van der Waals surface area contributed by atoms with Crippen molar-refractivity contribution in [2.45, 2.75) is 11.4 Å². The Hall–Kier alpha value is -0.240. The van der Waals surface area contributed by atoms with E-state index in [-0.39, 0.29) is 5.91 Å². The van der Waals surface area contributed by atoms with Crippen LogP contribution >= 0.6 is 11.6 Å². The molecule has 1 amide bonds. The Labute approximate surface area is 69.3 Å². The lowest BCUT2D eigenvalue weighted by molar-refractivity contribution is -0.225. The molecule has 0 radical (unpaired) electrons. The van der Waals surface area contributed by atoms with Gasteiger partial charge in [0.15, 0.2) is 0 Å². The summed E-state index contributed by atoms with van der Waals surface area (Å²) in [4.78, 5) is 11.3. The predicted molar refractivity (Wildman–Crippen MR) is 39.0 cm³/mol. The highest BCUT2D eigenvalue weighted by Gasteiger charge is 2.82. The van der Waals surface area contributed by atoms with Crippen LogP contribution in [0, 0.1) is 29.6 Å². The molecule has 7 unspecified atom stereocenters. The molecule has 4 rings (SSSR count). The number of carbonyl (C=O) groups excluding carboxylic acids is 1. The fourth-order valence-electron chi connectivity index (χ4n) is 3.91. The van der Waals surface area contributed by atoms with Gasteiger partial charge in [-0.15, -0.1) is 11.6 Å². The van der Waals surface area contributed by atoms with Crippen molar-refractivity contribution in [3.63, 3.8) is 0 Å². The second-order valence-corrected chi connectivity index (χ2v) is 4.82. The van der Waals surface area contributed by atoms with Gasteiger partial charge in [-0.3, -0.25) is 4.79 Å². The van der Waals surface area contributed by atoms with Crippen molar-refractivity contribution in [2.75, 3.05) is 0 Å². The maximum Gasteiger partial charge on any atom is 0.224 e. The zero-order valence-corrected chi connectivity index (χ0v) is 6.58. The lowest BCUT2D eigenvalue weighted by Crippen LogP contribution is -2.79. The number of amides is 1. The standard InChI is InChI=1S/C8H8ClNO/c9-6-2-1-3-4(2)8(11)10-7(3)5(1)6/h1-7H,(H,10,11). The monoisotopic (exact) mass is 169 g/mol. The zero-order chi connectivity index (χ0) is 7.33. The van der Waals surface area contributed by atoms with E-state index < -0.39 is 0 Å². The third-order valence-corrected chi connectivity index (χ3v) is 4.92. The van der Waals surface area contributed by atoms with Crippen molar-refractivity contribution >= 4 is 17.5 Å². The smallest absolute Gasteiger partial charge is 0.224 e. The van der Waals surface area contributed by atoms with Gasteiger partial charge in [-0.1, -0.05) is 0 Å². The Bertz CT molecular complexity index is 273. The molecule has 3 heteroatoms. The summed E-state index contributed by atoms with van der Waals surface area (Å²) in [6.07, 6.45) is 0. The van der Waals surface area contributed by atoms with Crippen molar-refractivity contribution < 1.29 is 4.79 Å². The number of alkyl halides is 1. The minimum atomic E-state index is 0.284. The topological polar surface area (TPSA) is 29.1 Å². The van der Waals surface area contributed by atoms with E-state index >= 15 is 0 Å². The first-order valence-corrected chi connectivity index (χ1v) is 4.69. The third kappa shape index (κ3) is 0.307. The molecule has 3 aliphatic carbocycles. The zero-order valence-electron chi connectivity index (χ0n) is 5.83.